The first-order valence-corrected chi connectivity index (χ1v) is 11.1. The number of benzene rings is 2. The zero-order valence-electron chi connectivity index (χ0n) is 18.5. The Morgan fingerprint density at radius 2 is 1.65 bits per heavy atom. The second kappa shape index (κ2) is 11.5. The van der Waals surface area contributed by atoms with Gasteiger partial charge in [0.15, 0.2) is 0 Å². The number of piperidine rings is 1. The Hall–Kier alpha value is -2.86. The number of carbonyl (C=O) groups is 2. The molecule has 6 nitrogen and oxygen atoms in total. The minimum atomic E-state index is -0.532. The fourth-order valence-electron chi connectivity index (χ4n) is 3.80. The lowest BCUT2D eigenvalue weighted by Crippen LogP contribution is -2.44. The fourth-order valence-corrected chi connectivity index (χ4v) is 3.80. The van der Waals surface area contributed by atoms with E-state index in [0.717, 1.165) is 31.5 Å². The summed E-state index contributed by atoms with van der Waals surface area (Å²) >= 11 is 0. The highest BCUT2D eigenvalue weighted by Gasteiger charge is 2.23. The van der Waals surface area contributed by atoms with Gasteiger partial charge in [-0.25, -0.2) is 4.79 Å². The van der Waals surface area contributed by atoms with Crippen molar-refractivity contribution in [2.75, 3.05) is 31.1 Å². The zero-order chi connectivity index (χ0) is 22.1. The first kappa shape index (κ1) is 22.8. The van der Waals surface area contributed by atoms with Gasteiger partial charge in [-0.15, -0.1) is 0 Å². The Balaban J connectivity index is 1.53. The molecule has 0 aromatic heterocycles. The molecule has 31 heavy (non-hydrogen) atoms. The molecule has 2 amide bonds. The molecule has 0 unspecified atom stereocenters. The Morgan fingerprint density at radius 1 is 1.03 bits per heavy atom. The van der Waals surface area contributed by atoms with Gasteiger partial charge in [0, 0.05) is 18.3 Å². The van der Waals surface area contributed by atoms with E-state index >= 15 is 0 Å². The lowest BCUT2D eigenvalue weighted by atomic mass is 9.96. The van der Waals surface area contributed by atoms with Crippen LogP contribution < -0.4 is 10.2 Å². The highest BCUT2D eigenvalue weighted by atomic mass is 16.6. The van der Waals surface area contributed by atoms with Gasteiger partial charge in [-0.05, 0) is 63.4 Å². The minimum Gasteiger partial charge on any atom is -0.444 e. The first-order chi connectivity index (χ1) is 15.0. The van der Waals surface area contributed by atoms with Crippen molar-refractivity contribution in [2.45, 2.75) is 39.3 Å². The van der Waals surface area contributed by atoms with Crippen LogP contribution in [0.1, 0.15) is 32.3 Å². The van der Waals surface area contributed by atoms with Crippen LogP contribution in [0.15, 0.2) is 60.7 Å². The maximum atomic E-state index is 12.8. The van der Waals surface area contributed by atoms with E-state index in [4.69, 9.17) is 4.74 Å². The second-order valence-electron chi connectivity index (χ2n) is 8.34. The molecular weight excluding hydrogens is 390 g/mol. The molecule has 6 heteroatoms. The van der Waals surface area contributed by atoms with Gasteiger partial charge in [-0.1, -0.05) is 48.5 Å². The van der Waals surface area contributed by atoms with E-state index in [1.165, 1.54) is 4.90 Å². The van der Waals surface area contributed by atoms with Crippen LogP contribution in [0.25, 0.3) is 0 Å². The third-order valence-electron chi connectivity index (χ3n) is 5.76. The molecule has 0 radical (unpaired) electrons. The number of nitrogens with one attached hydrogen (secondary N) is 1. The summed E-state index contributed by atoms with van der Waals surface area (Å²) in [6.45, 7) is 7.32. The van der Waals surface area contributed by atoms with Gasteiger partial charge in [-0.2, -0.15) is 0 Å². The number of ether oxygens (including phenoxy) is 1. The van der Waals surface area contributed by atoms with Crippen LogP contribution in [-0.2, 0) is 16.1 Å². The van der Waals surface area contributed by atoms with Crippen molar-refractivity contribution in [3.8, 4) is 0 Å². The number of nitrogens with zero attached hydrogens (tertiary/aromatic N) is 2. The standard InChI is InChI=1S/C25H33N3O3/c1-20(2)27-15-13-21(14-16-27)17-26-24(29)18-28(23-11-7-4-8-12-23)25(30)31-19-22-9-5-3-6-10-22/h3-12,20-21H,13-19H2,1-2H3,(H,26,29). The van der Waals surface area contributed by atoms with Gasteiger partial charge in [0.25, 0.3) is 0 Å². The summed E-state index contributed by atoms with van der Waals surface area (Å²) in [4.78, 5) is 29.3. The van der Waals surface area contributed by atoms with Gasteiger partial charge >= 0.3 is 6.09 Å². The number of hydrogen-bond donors (Lipinski definition) is 1. The van der Waals surface area contributed by atoms with Crippen LogP contribution >= 0.6 is 0 Å². The van der Waals surface area contributed by atoms with Crippen LogP contribution in [0, 0.1) is 5.92 Å². The van der Waals surface area contributed by atoms with Crippen molar-refractivity contribution in [3.63, 3.8) is 0 Å². The molecule has 0 bridgehead atoms. The summed E-state index contributed by atoms with van der Waals surface area (Å²) in [5.41, 5.74) is 1.54. The number of amides is 2. The molecule has 166 valence electrons. The molecule has 1 heterocycles. The predicted octanol–water partition coefficient (Wildman–Crippen LogP) is 4.07. The molecule has 2 aromatic rings. The monoisotopic (exact) mass is 423 g/mol. The largest absolute Gasteiger partial charge is 0.444 e. The smallest absolute Gasteiger partial charge is 0.415 e. The van der Waals surface area contributed by atoms with Crippen LogP contribution in [0.4, 0.5) is 10.5 Å². The molecule has 0 spiro atoms. The van der Waals surface area contributed by atoms with Crippen LogP contribution in [0.5, 0.6) is 0 Å². The van der Waals surface area contributed by atoms with Crippen LogP contribution in [0.2, 0.25) is 0 Å². The Morgan fingerprint density at radius 3 is 2.26 bits per heavy atom. The molecule has 1 N–H and O–H groups in total. The number of rotatable bonds is 8. The molecule has 1 saturated heterocycles. The Kier molecular flexibility index (Phi) is 8.47. The lowest BCUT2D eigenvalue weighted by Gasteiger charge is -2.34. The topological polar surface area (TPSA) is 61.9 Å². The van der Waals surface area contributed by atoms with Crippen molar-refractivity contribution in [2.24, 2.45) is 5.92 Å². The Labute approximate surface area is 185 Å². The van der Waals surface area contributed by atoms with Crippen molar-refractivity contribution < 1.29 is 14.3 Å². The minimum absolute atomic E-state index is 0.0670. The SMILES string of the molecule is CC(C)N1CCC(CNC(=O)CN(C(=O)OCc2ccccc2)c2ccccc2)CC1. The average Bonchev–Trinajstić information content (AvgIpc) is 2.81. The highest BCUT2D eigenvalue weighted by molar-refractivity contribution is 5.94. The van der Waals surface area contributed by atoms with Crippen molar-refractivity contribution in [1.29, 1.82) is 0 Å². The normalized spacial score (nSPS) is 14.9. The van der Waals surface area contributed by atoms with E-state index < -0.39 is 6.09 Å². The van der Waals surface area contributed by atoms with E-state index in [2.05, 4.69) is 24.1 Å². The number of anilines is 1. The van der Waals surface area contributed by atoms with Crippen molar-refractivity contribution >= 4 is 17.7 Å². The van der Waals surface area contributed by atoms with Gasteiger partial charge in [0.05, 0.1) is 0 Å². The van der Waals surface area contributed by atoms with Gasteiger partial charge in [-0.3, -0.25) is 9.69 Å². The molecule has 1 fully saturated rings. The van der Waals surface area contributed by atoms with E-state index in [1.807, 2.05) is 48.5 Å². The third kappa shape index (κ3) is 7.10. The lowest BCUT2D eigenvalue weighted by molar-refractivity contribution is -0.120. The molecule has 3 rings (SSSR count). The maximum Gasteiger partial charge on any atom is 0.415 e. The van der Waals surface area contributed by atoms with Crippen molar-refractivity contribution in [3.05, 3.63) is 66.2 Å². The second-order valence-corrected chi connectivity index (χ2v) is 8.34. The molecular formula is C25H33N3O3. The predicted molar refractivity (Wildman–Crippen MR) is 123 cm³/mol. The number of carbonyl (C=O) groups excluding carboxylic acids is 2. The van der Waals surface area contributed by atoms with Gasteiger partial charge in [0.1, 0.15) is 13.2 Å². The van der Waals surface area contributed by atoms with Crippen LogP contribution in [0.3, 0.4) is 0 Å². The summed E-state index contributed by atoms with van der Waals surface area (Å²) < 4.78 is 5.48. The molecule has 1 aliphatic rings. The van der Waals surface area contributed by atoms with Gasteiger partial charge < -0.3 is 15.0 Å². The highest BCUT2D eigenvalue weighted by Crippen LogP contribution is 2.19. The van der Waals surface area contributed by atoms with Gasteiger partial charge in [0.2, 0.25) is 5.91 Å². The van der Waals surface area contributed by atoms with E-state index in [1.54, 1.807) is 12.1 Å². The molecule has 0 aliphatic carbocycles. The average molecular weight is 424 g/mol. The summed E-state index contributed by atoms with van der Waals surface area (Å²) in [5, 5.41) is 3.02. The third-order valence-corrected chi connectivity index (χ3v) is 5.76. The fraction of sp³-hybridized carbons (Fsp3) is 0.440. The van der Waals surface area contributed by atoms with Crippen molar-refractivity contribution in [1.82, 2.24) is 10.2 Å². The molecule has 0 saturated carbocycles. The number of para-hydroxylation sites is 1. The quantitative estimate of drug-likeness (QED) is 0.695. The van der Waals surface area contributed by atoms with Crippen LogP contribution in [-0.4, -0.2) is 49.1 Å². The summed E-state index contributed by atoms with van der Waals surface area (Å²) in [7, 11) is 0. The number of hydrogen-bond acceptors (Lipinski definition) is 4. The molecule has 1 aliphatic heterocycles. The van der Waals surface area contributed by atoms with E-state index in [-0.39, 0.29) is 19.1 Å². The zero-order valence-corrected chi connectivity index (χ0v) is 18.5. The molecule has 2 aromatic carbocycles. The molecule has 0 atom stereocenters. The van der Waals surface area contributed by atoms with E-state index in [0.29, 0.717) is 24.2 Å². The summed E-state index contributed by atoms with van der Waals surface area (Å²) in [5.74, 6) is 0.306. The van der Waals surface area contributed by atoms with E-state index in [9.17, 15) is 9.59 Å². The first-order valence-electron chi connectivity index (χ1n) is 11.1. The summed E-state index contributed by atoms with van der Waals surface area (Å²) in [6.07, 6.45) is 1.63. The maximum absolute atomic E-state index is 12.8. The number of likely N-dealkylation sites (tertiary alicyclic amines) is 1. The Bertz CT molecular complexity index is 818. The summed E-state index contributed by atoms with van der Waals surface area (Å²) in [6, 6.07) is 19.2.